The minimum Gasteiger partial charge on any atom is -0.316 e. The molecule has 20 heavy (non-hydrogen) atoms. The van der Waals surface area contributed by atoms with Gasteiger partial charge in [-0.1, -0.05) is 29.3 Å². The second-order valence-corrected chi connectivity index (χ2v) is 7.11. The van der Waals surface area contributed by atoms with Gasteiger partial charge in [-0.2, -0.15) is 0 Å². The number of nitrogens with one attached hydrogen (secondary N) is 1. The molecule has 3 rings (SSSR count). The van der Waals surface area contributed by atoms with Crippen LogP contribution in [0.15, 0.2) is 18.2 Å². The lowest BCUT2D eigenvalue weighted by molar-refractivity contribution is 0.0601. The van der Waals surface area contributed by atoms with E-state index in [1.165, 1.54) is 45.3 Å². The first-order valence-electron chi connectivity index (χ1n) is 7.55. The first-order chi connectivity index (χ1) is 9.69. The quantitative estimate of drug-likeness (QED) is 0.889. The molecule has 0 bridgehead atoms. The van der Waals surface area contributed by atoms with E-state index in [-0.39, 0.29) is 0 Å². The fraction of sp³-hybridized carbons (Fsp3) is 0.625. The highest BCUT2D eigenvalue weighted by Crippen LogP contribution is 2.37. The largest absolute Gasteiger partial charge is 0.316 e. The number of benzene rings is 1. The van der Waals surface area contributed by atoms with Gasteiger partial charge in [0, 0.05) is 35.2 Å². The standard InChI is InChI=1S/C16H22Cl2N2/c17-14-4-1-5-15(18)13(14)10-20-9-3-7-16(12-20)6-2-8-19-11-16/h1,4-5,19H,2-3,6-12H2. The fourth-order valence-corrected chi connectivity index (χ4v) is 4.25. The molecular weight excluding hydrogens is 291 g/mol. The molecule has 1 spiro atoms. The van der Waals surface area contributed by atoms with Crippen molar-refractivity contribution in [2.24, 2.45) is 5.41 Å². The van der Waals surface area contributed by atoms with Crippen LogP contribution >= 0.6 is 23.2 Å². The van der Waals surface area contributed by atoms with Gasteiger partial charge in [-0.05, 0) is 56.3 Å². The van der Waals surface area contributed by atoms with E-state index in [0.717, 1.165) is 28.7 Å². The summed E-state index contributed by atoms with van der Waals surface area (Å²) in [5.74, 6) is 0. The predicted molar refractivity (Wildman–Crippen MR) is 85.5 cm³/mol. The van der Waals surface area contributed by atoms with Crippen molar-refractivity contribution in [3.63, 3.8) is 0 Å². The van der Waals surface area contributed by atoms with Crippen LogP contribution < -0.4 is 5.32 Å². The Labute approximate surface area is 131 Å². The average Bonchev–Trinajstić information content (AvgIpc) is 2.44. The third-order valence-corrected chi connectivity index (χ3v) is 5.45. The number of nitrogens with zero attached hydrogens (tertiary/aromatic N) is 1. The topological polar surface area (TPSA) is 15.3 Å². The van der Waals surface area contributed by atoms with Crippen LogP contribution in [0.5, 0.6) is 0 Å². The Morgan fingerprint density at radius 3 is 2.60 bits per heavy atom. The molecule has 1 aromatic rings. The number of hydrogen-bond donors (Lipinski definition) is 1. The molecule has 4 heteroatoms. The van der Waals surface area contributed by atoms with E-state index >= 15 is 0 Å². The number of rotatable bonds is 2. The molecule has 1 unspecified atom stereocenters. The van der Waals surface area contributed by atoms with Gasteiger partial charge in [0.25, 0.3) is 0 Å². The van der Waals surface area contributed by atoms with Crippen LogP contribution in [0, 0.1) is 5.41 Å². The van der Waals surface area contributed by atoms with E-state index in [2.05, 4.69) is 10.2 Å². The van der Waals surface area contributed by atoms with Crippen molar-refractivity contribution in [3.8, 4) is 0 Å². The van der Waals surface area contributed by atoms with Gasteiger partial charge in [-0.15, -0.1) is 0 Å². The third kappa shape index (κ3) is 3.14. The molecule has 2 aliphatic heterocycles. The molecule has 1 N–H and O–H groups in total. The highest BCUT2D eigenvalue weighted by atomic mass is 35.5. The van der Waals surface area contributed by atoms with Crippen LogP contribution in [-0.2, 0) is 6.54 Å². The van der Waals surface area contributed by atoms with Crippen molar-refractivity contribution in [3.05, 3.63) is 33.8 Å². The van der Waals surface area contributed by atoms with E-state index in [0.29, 0.717) is 5.41 Å². The average molecular weight is 313 g/mol. The van der Waals surface area contributed by atoms with E-state index in [1.807, 2.05) is 18.2 Å². The maximum absolute atomic E-state index is 6.30. The molecule has 0 saturated carbocycles. The lowest BCUT2D eigenvalue weighted by Crippen LogP contribution is -2.50. The zero-order chi connectivity index (χ0) is 14.0. The van der Waals surface area contributed by atoms with E-state index in [9.17, 15) is 0 Å². The SMILES string of the molecule is Clc1cccc(Cl)c1CN1CCCC2(CCCNC2)C1. The van der Waals surface area contributed by atoms with Gasteiger partial charge in [0.1, 0.15) is 0 Å². The maximum Gasteiger partial charge on any atom is 0.0465 e. The predicted octanol–water partition coefficient (Wildman–Crippen LogP) is 3.96. The number of hydrogen-bond acceptors (Lipinski definition) is 2. The van der Waals surface area contributed by atoms with Gasteiger partial charge in [-0.25, -0.2) is 0 Å². The van der Waals surface area contributed by atoms with Gasteiger partial charge in [0.2, 0.25) is 0 Å². The maximum atomic E-state index is 6.30. The smallest absolute Gasteiger partial charge is 0.0465 e. The summed E-state index contributed by atoms with van der Waals surface area (Å²) in [7, 11) is 0. The highest BCUT2D eigenvalue weighted by Gasteiger charge is 2.36. The molecule has 1 aromatic carbocycles. The van der Waals surface area contributed by atoms with Gasteiger partial charge >= 0.3 is 0 Å². The molecular formula is C16H22Cl2N2. The van der Waals surface area contributed by atoms with Gasteiger partial charge < -0.3 is 5.32 Å². The molecule has 110 valence electrons. The summed E-state index contributed by atoms with van der Waals surface area (Å²) in [4.78, 5) is 2.53. The van der Waals surface area contributed by atoms with Crippen molar-refractivity contribution in [1.29, 1.82) is 0 Å². The second-order valence-electron chi connectivity index (χ2n) is 6.29. The van der Waals surface area contributed by atoms with E-state index < -0.39 is 0 Å². The van der Waals surface area contributed by atoms with E-state index in [4.69, 9.17) is 23.2 Å². The molecule has 0 radical (unpaired) electrons. The zero-order valence-corrected chi connectivity index (χ0v) is 13.3. The van der Waals surface area contributed by atoms with Gasteiger partial charge in [0.15, 0.2) is 0 Å². The molecule has 0 aliphatic carbocycles. The Hall–Kier alpha value is -0.280. The lowest BCUT2D eigenvalue weighted by Gasteiger charge is -2.45. The van der Waals surface area contributed by atoms with Crippen LogP contribution in [-0.4, -0.2) is 31.1 Å². The van der Waals surface area contributed by atoms with Crippen LogP contribution in [0.3, 0.4) is 0 Å². The summed E-state index contributed by atoms with van der Waals surface area (Å²) < 4.78 is 0. The summed E-state index contributed by atoms with van der Waals surface area (Å²) >= 11 is 12.6. The third-order valence-electron chi connectivity index (χ3n) is 4.74. The summed E-state index contributed by atoms with van der Waals surface area (Å²) in [6, 6.07) is 5.78. The van der Waals surface area contributed by atoms with Gasteiger partial charge in [-0.3, -0.25) is 4.90 Å². The van der Waals surface area contributed by atoms with Crippen LogP contribution in [0.25, 0.3) is 0 Å². The Balaban J connectivity index is 1.71. The minimum absolute atomic E-state index is 0.476. The zero-order valence-electron chi connectivity index (χ0n) is 11.8. The Morgan fingerprint density at radius 2 is 1.90 bits per heavy atom. The highest BCUT2D eigenvalue weighted by molar-refractivity contribution is 6.35. The summed E-state index contributed by atoms with van der Waals surface area (Å²) in [6.45, 7) is 5.54. The normalized spacial score (nSPS) is 27.9. The number of likely N-dealkylation sites (tertiary alicyclic amines) is 1. The second kappa shape index (κ2) is 6.23. The summed E-state index contributed by atoms with van der Waals surface area (Å²) in [5.41, 5.74) is 1.56. The molecule has 1 atom stereocenters. The molecule has 2 heterocycles. The van der Waals surface area contributed by atoms with E-state index in [1.54, 1.807) is 0 Å². The first-order valence-corrected chi connectivity index (χ1v) is 8.30. The molecule has 2 saturated heterocycles. The molecule has 2 fully saturated rings. The Kier molecular flexibility index (Phi) is 4.56. The molecule has 2 aliphatic rings. The fourth-order valence-electron chi connectivity index (χ4n) is 3.73. The van der Waals surface area contributed by atoms with Crippen molar-refractivity contribution < 1.29 is 0 Å². The number of piperidine rings is 2. The van der Waals surface area contributed by atoms with Crippen LogP contribution in [0.1, 0.15) is 31.2 Å². The Morgan fingerprint density at radius 1 is 1.15 bits per heavy atom. The first kappa shape index (κ1) is 14.6. The van der Waals surface area contributed by atoms with Crippen molar-refractivity contribution in [2.45, 2.75) is 32.2 Å². The van der Waals surface area contributed by atoms with Crippen LogP contribution in [0.2, 0.25) is 10.0 Å². The van der Waals surface area contributed by atoms with Gasteiger partial charge in [0.05, 0.1) is 0 Å². The van der Waals surface area contributed by atoms with Crippen molar-refractivity contribution in [2.75, 3.05) is 26.2 Å². The molecule has 0 amide bonds. The summed E-state index contributed by atoms with van der Waals surface area (Å²) in [6.07, 6.45) is 5.30. The monoisotopic (exact) mass is 312 g/mol. The van der Waals surface area contributed by atoms with Crippen LogP contribution in [0.4, 0.5) is 0 Å². The number of halogens is 2. The van der Waals surface area contributed by atoms with Crippen molar-refractivity contribution >= 4 is 23.2 Å². The van der Waals surface area contributed by atoms with Crippen molar-refractivity contribution in [1.82, 2.24) is 10.2 Å². The Bertz CT molecular complexity index is 444. The minimum atomic E-state index is 0.476. The lowest BCUT2D eigenvalue weighted by atomic mass is 9.74. The molecule has 0 aromatic heterocycles. The molecule has 2 nitrogen and oxygen atoms in total. The summed E-state index contributed by atoms with van der Waals surface area (Å²) in [5, 5.41) is 5.15.